The molecule has 0 amide bonds. The number of unbranched alkanes of at least 4 members (excludes halogenated alkanes) is 1. The Hall–Kier alpha value is -1.02. The Morgan fingerprint density at radius 2 is 1.73 bits per heavy atom. The van der Waals surface area contributed by atoms with Crippen molar-refractivity contribution < 1.29 is 0 Å². The number of rotatable bonds is 4. The van der Waals surface area contributed by atoms with Gasteiger partial charge in [-0.05, 0) is 31.4 Å². The van der Waals surface area contributed by atoms with Gasteiger partial charge in [0, 0.05) is 23.8 Å². The fourth-order valence-electron chi connectivity index (χ4n) is 2.20. The average Bonchev–Trinajstić information content (AvgIpc) is 2.86. The zero-order valence-electron chi connectivity index (χ0n) is 15.5. The molecule has 2 rings (SSSR count). The summed E-state index contributed by atoms with van der Waals surface area (Å²) in [5.41, 5.74) is 3.33. The number of hydrogen-bond acceptors (Lipinski definition) is 1. The second kappa shape index (κ2) is 11.5. The fraction of sp³-hybridized carbons (Fsp3) is 0.632. The van der Waals surface area contributed by atoms with Gasteiger partial charge in [0.05, 0.1) is 5.02 Å². The van der Waals surface area contributed by atoms with Gasteiger partial charge in [0.25, 0.3) is 0 Å². The summed E-state index contributed by atoms with van der Waals surface area (Å²) in [4.78, 5) is 4.64. The molecule has 0 aromatic carbocycles. The maximum absolute atomic E-state index is 6.34. The minimum atomic E-state index is 0.833. The molecule has 2 heterocycles. The highest BCUT2D eigenvalue weighted by Gasteiger charge is 2.12. The second-order valence-electron chi connectivity index (χ2n) is 5.21. The van der Waals surface area contributed by atoms with Crippen molar-refractivity contribution in [2.45, 2.75) is 80.7 Å². The van der Waals surface area contributed by atoms with Crippen LogP contribution < -0.4 is 0 Å². The van der Waals surface area contributed by atoms with Crippen molar-refractivity contribution in [2.75, 3.05) is 0 Å². The van der Waals surface area contributed by atoms with E-state index < -0.39 is 0 Å². The second-order valence-corrected chi connectivity index (χ2v) is 5.61. The van der Waals surface area contributed by atoms with Crippen LogP contribution in [0.25, 0.3) is 11.0 Å². The van der Waals surface area contributed by atoms with Crippen LogP contribution in [-0.4, -0.2) is 9.55 Å². The van der Waals surface area contributed by atoms with E-state index in [2.05, 4.69) is 43.4 Å². The van der Waals surface area contributed by atoms with Crippen LogP contribution >= 0.6 is 11.6 Å². The van der Waals surface area contributed by atoms with E-state index in [4.69, 9.17) is 11.6 Å². The van der Waals surface area contributed by atoms with Crippen LogP contribution in [0, 0.1) is 6.92 Å². The molecule has 0 fully saturated rings. The number of fused-ring (bicyclic) bond motifs is 1. The first-order valence-corrected chi connectivity index (χ1v) is 9.11. The van der Waals surface area contributed by atoms with Crippen molar-refractivity contribution in [3.05, 3.63) is 28.5 Å². The predicted octanol–water partition coefficient (Wildman–Crippen LogP) is 6.80. The van der Waals surface area contributed by atoms with Gasteiger partial charge >= 0.3 is 0 Å². The van der Waals surface area contributed by atoms with Crippen LogP contribution in [0.5, 0.6) is 0 Å². The number of aryl methyl sites for hydroxylation is 3. The molecule has 3 heteroatoms. The maximum atomic E-state index is 6.34. The third-order valence-electron chi connectivity index (χ3n) is 3.12. The topological polar surface area (TPSA) is 17.8 Å². The first kappa shape index (κ1) is 21.0. The van der Waals surface area contributed by atoms with Crippen LogP contribution in [-0.2, 0) is 13.0 Å². The SMILES string of the molecule is CC.CCC.CCCCn1cc(CC)c2c(Cl)cc(C)nc21. The summed E-state index contributed by atoms with van der Waals surface area (Å²) >= 11 is 6.34. The largest absolute Gasteiger partial charge is 0.332 e. The van der Waals surface area contributed by atoms with Crippen molar-refractivity contribution in [1.29, 1.82) is 0 Å². The van der Waals surface area contributed by atoms with E-state index in [1.165, 1.54) is 24.8 Å². The van der Waals surface area contributed by atoms with E-state index in [-0.39, 0.29) is 0 Å². The number of hydrogen-bond donors (Lipinski definition) is 0. The molecule has 22 heavy (non-hydrogen) atoms. The summed E-state index contributed by atoms with van der Waals surface area (Å²) in [6.45, 7) is 15.6. The van der Waals surface area contributed by atoms with Gasteiger partial charge in [-0.1, -0.05) is 66.0 Å². The molecule has 2 aromatic rings. The molecule has 0 radical (unpaired) electrons. The summed E-state index contributed by atoms with van der Waals surface area (Å²) in [5, 5.41) is 1.97. The maximum Gasteiger partial charge on any atom is 0.141 e. The Balaban J connectivity index is 0.000000789. The van der Waals surface area contributed by atoms with Gasteiger partial charge < -0.3 is 4.57 Å². The van der Waals surface area contributed by atoms with Gasteiger partial charge in [0.15, 0.2) is 0 Å². The summed E-state index contributed by atoms with van der Waals surface area (Å²) in [7, 11) is 0. The number of halogens is 1. The lowest BCUT2D eigenvalue weighted by Crippen LogP contribution is -1.97. The van der Waals surface area contributed by atoms with Crippen LogP contribution in [0.4, 0.5) is 0 Å². The molecule has 2 nitrogen and oxygen atoms in total. The van der Waals surface area contributed by atoms with Gasteiger partial charge in [0.2, 0.25) is 0 Å². The zero-order chi connectivity index (χ0) is 17.1. The van der Waals surface area contributed by atoms with E-state index in [9.17, 15) is 0 Å². The van der Waals surface area contributed by atoms with Gasteiger partial charge in [-0.2, -0.15) is 0 Å². The standard InChI is InChI=1S/C14H19ClN2.C3H8.C2H6/c1-4-6-7-17-9-11(5-2)13-12(15)8-10(3)16-14(13)17;1-3-2;1-2/h8-9H,4-7H2,1-3H3;3H2,1-2H3;1-2H3. The summed E-state index contributed by atoms with van der Waals surface area (Å²) in [6.07, 6.45) is 6.83. The lowest BCUT2D eigenvalue weighted by molar-refractivity contribution is 0.644. The van der Waals surface area contributed by atoms with Crippen molar-refractivity contribution in [3.63, 3.8) is 0 Å². The van der Waals surface area contributed by atoms with Crippen LogP contribution in [0.3, 0.4) is 0 Å². The molecule has 0 aliphatic carbocycles. The van der Waals surface area contributed by atoms with Gasteiger partial charge in [-0.3, -0.25) is 0 Å². The third kappa shape index (κ3) is 5.64. The fourth-order valence-corrected chi connectivity index (χ4v) is 2.57. The molecule has 0 bridgehead atoms. The molecule has 0 unspecified atom stereocenters. The van der Waals surface area contributed by atoms with Gasteiger partial charge in [-0.25, -0.2) is 4.98 Å². The summed E-state index contributed by atoms with van der Waals surface area (Å²) < 4.78 is 2.25. The highest BCUT2D eigenvalue weighted by atomic mass is 35.5. The van der Waals surface area contributed by atoms with E-state index >= 15 is 0 Å². The Morgan fingerprint density at radius 3 is 2.23 bits per heavy atom. The molecule has 0 spiro atoms. The van der Waals surface area contributed by atoms with E-state index in [1.54, 1.807) is 0 Å². The highest BCUT2D eigenvalue weighted by molar-refractivity contribution is 6.35. The molecule has 2 aromatic heterocycles. The quantitative estimate of drug-likeness (QED) is 0.604. The lowest BCUT2D eigenvalue weighted by atomic mass is 10.2. The van der Waals surface area contributed by atoms with Crippen LogP contribution in [0.2, 0.25) is 5.02 Å². The minimum Gasteiger partial charge on any atom is -0.332 e. The van der Waals surface area contributed by atoms with E-state index in [1.807, 2.05) is 26.8 Å². The molecule has 0 N–H and O–H groups in total. The lowest BCUT2D eigenvalue weighted by Gasteiger charge is -2.04. The number of aromatic nitrogens is 2. The van der Waals surface area contributed by atoms with Crippen LogP contribution in [0.15, 0.2) is 12.3 Å². The third-order valence-corrected chi connectivity index (χ3v) is 3.42. The van der Waals surface area contributed by atoms with Gasteiger partial charge in [-0.15, -0.1) is 0 Å². The molecule has 0 saturated heterocycles. The highest BCUT2D eigenvalue weighted by Crippen LogP contribution is 2.28. The Morgan fingerprint density at radius 1 is 1.14 bits per heavy atom. The molecule has 0 atom stereocenters. The smallest absolute Gasteiger partial charge is 0.141 e. The van der Waals surface area contributed by atoms with Crippen molar-refractivity contribution in [3.8, 4) is 0 Å². The van der Waals surface area contributed by atoms with Crippen molar-refractivity contribution in [1.82, 2.24) is 9.55 Å². The number of pyridine rings is 1. The van der Waals surface area contributed by atoms with Crippen molar-refractivity contribution in [2.24, 2.45) is 0 Å². The zero-order valence-corrected chi connectivity index (χ0v) is 16.2. The Bertz CT molecular complexity index is 544. The molecule has 0 saturated carbocycles. The normalized spacial score (nSPS) is 9.82. The molecular formula is C19H33ClN2. The Labute approximate surface area is 141 Å². The average molecular weight is 325 g/mol. The molecule has 0 aliphatic heterocycles. The summed E-state index contributed by atoms with van der Waals surface area (Å²) in [5.74, 6) is 0. The monoisotopic (exact) mass is 324 g/mol. The summed E-state index contributed by atoms with van der Waals surface area (Å²) in [6, 6.07) is 1.95. The van der Waals surface area contributed by atoms with E-state index in [0.717, 1.165) is 34.7 Å². The van der Waals surface area contributed by atoms with Gasteiger partial charge in [0.1, 0.15) is 5.65 Å². The van der Waals surface area contributed by atoms with Crippen molar-refractivity contribution >= 4 is 22.6 Å². The predicted molar refractivity (Wildman–Crippen MR) is 101 cm³/mol. The van der Waals surface area contributed by atoms with Crippen LogP contribution in [0.1, 0.15) is 72.1 Å². The molecule has 0 aliphatic rings. The first-order valence-electron chi connectivity index (χ1n) is 8.73. The Kier molecular flexibility index (Phi) is 11.0. The molecule has 126 valence electrons. The molecular weight excluding hydrogens is 292 g/mol. The minimum absolute atomic E-state index is 0.833. The van der Waals surface area contributed by atoms with E-state index in [0.29, 0.717) is 0 Å². The first-order chi connectivity index (χ1) is 10.6. The number of nitrogens with zero attached hydrogens (tertiary/aromatic N) is 2.